The molecule has 0 N–H and O–H groups in total. The summed E-state index contributed by atoms with van der Waals surface area (Å²) in [5, 5.41) is 0. The third-order valence-electron chi connectivity index (χ3n) is 3.56. The first kappa shape index (κ1) is 20.3. The van der Waals surface area contributed by atoms with E-state index >= 15 is 0 Å². The van der Waals surface area contributed by atoms with Gasteiger partial charge in [0.25, 0.3) is 0 Å². The fourth-order valence-electron chi connectivity index (χ4n) is 2.18. The highest BCUT2D eigenvalue weighted by Gasteiger charge is 2.11. The van der Waals surface area contributed by atoms with E-state index in [2.05, 4.69) is 62.3 Å². The molecule has 0 heteroatoms. The zero-order valence-electron chi connectivity index (χ0n) is 14.7. The largest absolute Gasteiger partial charge is 0.0651 e. The normalized spacial score (nSPS) is 13.2. The molecular formula is C18H40. The Labute approximate surface area is 118 Å². The minimum atomic E-state index is 0.868. The minimum Gasteiger partial charge on any atom is -0.0651 e. The van der Waals surface area contributed by atoms with Crippen LogP contribution in [0, 0.1) is 29.6 Å². The van der Waals surface area contributed by atoms with Crippen molar-refractivity contribution >= 4 is 0 Å². The van der Waals surface area contributed by atoms with Crippen molar-refractivity contribution in [2.24, 2.45) is 29.6 Å². The molecule has 0 fully saturated rings. The van der Waals surface area contributed by atoms with Gasteiger partial charge in [-0.15, -0.1) is 0 Å². The maximum atomic E-state index is 2.33. The van der Waals surface area contributed by atoms with Crippen LogP contribution in [0.3, 0.4) is 0 Å². The van der Waals surface area contributed by atoms with Crippen LogP contribution in [0.4, 0.5) is 0 Å². The SMILES string of the molecule is CC(C)CCC(C)C.CCC(CC(C)C)C(C)C. The second-order valence-electron chi connectivity index (χ2n) is 7.41. The molecule has 112 valence electrons. The maximum Gasteiger partial charge on any atom is -0.0391 e. The van der Waals surface area contributed by atoms with Gasteiger partial charge in [-0.25, -0.2) is 0 Å². The molecule has 1 unspecified atom stereocenters. The summed E-state index contributed by atoms with van der Waals surface area (Å²) in [7, 11) is 0. The highest BCUT2D eigenvalue weighted by molar-refractivity contribution is 4.62. The van der Waals surface area contributed by atoms with Gasteiger partial charge in [0.1, 0.15) is 0 Å². The highest BCUT2D eigenvalue weighted by Crippen LogP contribution is 2.22. The van der Waals surface area contributed by atoms with E-state index in [-0.39, 0.29) is 0 Å². The van der Waals surface area contributed by atoms with Gasteiger partial charge >= 0.3 is 0 Å². The highest BCUT2D eigenvalue weighted by atomic mass is 14.2. The molecule has 0 saturated heterocycles. The smallest absolute Gasteiger partial charge is 0.0391 e. The predicted molar refractivity (Wildman–Crippen MR) is 87.0 cm³/mol. The van der Waals surface area contributed by atoms with E-state index in [0.717, 1.165) is 29.6 Å². The van der Waals surface area contributed by atoms with Gasteiger partial charge in [-0.2, -0.15) is 0 Å². The zero-order valence-corrected chi connectivity index (χ0v) is 14.7. The first-order chi connectivity index (χ1) is 8.20. The van der Waals surface area contributed by atoms with Crippen molar-refractivity contribution in [3.63, 3.8) is 0 Å². The molecule has 0 bridgehead atoms. The predicted octanol–water partition coefficient (Wildman–Crippen LogP) is 6.79. The average Bonchev–Trinajstić information content (AvgIpc) is 2.23. The molecule has 0 amide bonds. The van der Waals surface area contributed by atoms with Crippen molar-refractivity contribution in [1.29, 1.82) is 0 Å². The molecule has 1 atom stereocenters. The topological polar surface area (TPSA) is 0 Å². The lowest BCUT2D eigenvalue weighted by atomic mass is 9.86. The molecule has 18 heavy (non-hydrogen) atoms. The number of rotatable bonds is 7. The molecular weight excluding hydrogens is 216 g/mol. The van der Waals surface area contributed by atoms with Crippen molar-refractivity contribution in [2.45, 2.75) is 88.0 Å². The summed E-state index contributed by atoms with van der Waals surface area (Å²) in [6, 6.07) is 0. The molecule has 0 aliphatic rings. The Bertz CT molecular complexity index is 145. The van der Waals surface area contributed by atoms with Crippen LogP contribution in [0.2, 0.25) is 0 Å². The van der Waals surface area contributed by atoms with E-state index in [1.54, 1.807) is 0 Å². The fourth-order valence-corrected chi connectivity index (χ4v) is 2.18. The van der Waals surface area contributed by atoms with Crippen molar-refractivity contribution in [1.82, 2.24) is 0 Å². The zero-order chi connectivity index (χ0) is 14.7. The summed E-state index contributed by atoms with van der Waals surface area (Å²) in [5.41, 5.74) is 0. The van der Waals surface area contributed by atoms with E-state index in [9.17, 15) is 0 Å². The van der Waals surface area contributed by atoms with Gasteiger partial charge in [0.05, 0.1) is 0 Å². The molecule has 0 aromatic heterocycles. The van der Waals surface area contributed by atoms with Crippen LogP contribution < -0.4 is 0 Å². The quantitative estimate of drug-likeness (QED) is 0.470. The Kier molecular flexibility index (Phi) is 13.6. The van der Waals surface area contributed by atoms with E-state index in [0.29, 0.717) is 0 Å². The monoisotopic (exact) mass is 256 g/mol. The van der Waals surface area contributed by atoms with Gasteiger partial charge < -0.3 is 0 Å². The summed E-state index contributed by atoms with van der Waals surface area (Å²) in [6.45, 7) is 20.7. The maximum absolute atomic E-state index is 2.33. The van der Waals surface area contributed by atoms with Crippen LogP contribution in [-0.2, 0) is 0 Å². The fraction of sp³-hybridized carbons (Fsp3) is 1.00. The van der Waals surface area contributed by atoms with Gasteiger partial charge in [-0.1, -0.05) is 81.6 Å². The third kappa shape index (κ3) is 16.0. The lowest BCUT2D eigenvalue weighted by Gasteiger charge is -2.20. The summed E-state index contributed by atoms with van der Waals surface area (Å²) in [4.78, 5) is 0. The Morgan fingerprint density at radius 2 is 1.00 bits per heavy atom. The van der Waals surface area contributed by atoms with Crippen molar-refractivity contribution < 1.29 is 0 Å². The van der Waals surface area contributed by atoms with E-state index < -0.39 is 0 Å². The molecule has 0 nitrogen and oxygen atoms in total. The van der Waals surface area contributed by atoms with Gasteiger partial charge in [0, 0.05) is 0 Å². The molecule has 0 rings (SSSR count). The molecule has 0 heterocycles. The standard InChI is InChI=1S/C10H22.C8H18/c1-6-10(9(4)5)7-8(2)3;1-7(2)5-6-8(3)4/h8-10H,6-7H2,1-5H3;7-8H,5-6H2,1-4H3. The van der Waals surface area contributed by atoms with Gasteiger partial charge in [-0.3, -0.25) is 0 Å². The summed E-state index contributed by atoms with van der Waals surface area (Å²) in [5.74, 6) is 4.45. The third-order valence-corrected chi connectivity index (χ3v) is 3.56. The first-order valence-electron chi connectivity index (χ1n) is 8.20. The molecule has 0 spiro atoms. The number of hydrogen-bond acceptors (Lipinski definition) is 0. The van der Waals surface area contributed by atoms with Crippen molar-refractivity contribution in [2.75, 3.05) is 0 Å². The summed E-state index contributed by atoms with van der Waals surface area (Å²) >= 11 is 0. The molecule has 0 aliphatic carbocycles. The Morgan fingerprint density at radius 1 is 0.611 bits per heavy atom. The summed E-state index contributed by atoms with van der Waals surface area (Å²) in [6.07, 6.45) is 5.51. The van der Waals surface area contributed by atoms with Gasteiger partial charge in [0.2, 0.25) is 0 Å². The van der Waals surface area contributed by atoms with Crippen molar-refractivity contribution in [3.05, 3.63) is 0 Å². The Morgan fingerprint density at radius 3 is 1.11 bits per heavy atom. The van der Waals surface area contributed by atoms with Gasteiger partial charge in [-0.05, 0) is 36.0 Å². The van der Waals surface area contributed by atoms with E-state index in [4.69, 9.17) is 0 Å². The van der Waals surface area contributed by atoms with E-state index in [1.807, 2.05) is 0 Å². The van der Waals surface area contributed by atoms with E-state index in [1.165, 1.54) is 25.7 Å². The molecule has 0 aromatic rings. The first-order valence-corrected chi connectivity index (χ1v) is 8.20. The molecule has 0 aromatic carbocycles. The van der Waals surface area contributed by atoms with Crippen LogP contribution in [0.25, 0.3) is 0 Å². The lowest BCUT2D eigenvalue weighted by molar-refractivity contribution is 0.308. The second kappa shape index (κ2) is 12.1. The second-order valence-corrected chi connectivity index (χ2v) is 7.41. The molecule has 0 aliphatic heterocycles. The van der Waals surface area contributed by atoms with Crippen LogP contribution >= 0.6 is 0 Å². The average molecular weight is 257 g/mol. The summed E-state index contributed by atoms with van der Waals surface area (Å²) < 4.78 is 0. The minimum absolute atomic E-state index is 0.868. The van der Waals surface area contributed by atoms with Crippen molar-refractivity contribution in [3.8, 4) is 0 Å². The number of hydrogen-bond donors (Lipinski definition) is 0. The van der Waals surface area contributed by atoms with Gasteiger partial charge in [0.15, 0.2) is 0 Å². The Hall–Kier alpha value is 0. The van der Waals surface area contributed by atoms with Crippen LogP contribution in [0.1, 0.15) is 88.0 Å². The van der Waals surface area contributed by atoms with Crippen LogP contribution in [-0.4, -0.2) is 0 Å². The lowest BCUT2D eigenvalue weighted by Crippen LogP contribution is -2.10. The van der Waals surface area contributed by atoms with Crippen LogP contribution in [0.15, 0.2) is 0 Å². The van der Waals surface area contributed by atoms with Crippen LogP contribution in [0.5, 0.6) is 0 Å². The molecule has 0 radical (unpaired) electrons. The Balaban J connectivity index is 0. The molecule has 0 saturated carbocycles.